The van der Waals surface area contributed by atoms with Crippen LogP contribution in [0.1, 0.15) is 17.2 Å². The van der Waals surface area contributed by atoms with Crippen LogP contribution in [0.3, 0.4) is 0 Å². The fourth-order valence-electron chi connectivity index (χ4n) is 5.46. The van der Waals surface area contributed by atoms with E-state index in [1.807, 2.05) is 73.6 Å². The van der Waals surface area contributed by atoms with Crippen molar-refractivity contribution in [2.75, 3.05) is 26.9 Å². The van der Waals surface area contributed by atoms with Gasteiger partial charge in [0.2, 0.25) is 0 Å². The number of aliphatic hydroxyl groups is 1. The molecule has 1 aliphatic carbocycles. The Labute approximate surface area is 224 Å². The van der Waals surface area contributed by atoms with Gasteiger partial charge in [-0.05, 0) is 31.8 Å². The molecule has 2 heterocycles. The zero-order valence-electron chi connectivity index (χ0n) is 19.9. The SMILES string of the molecule is CN(C)CC1C(c2ccccc2)C2Oc3cc(Cl)c(-c4ccc(Br)cc4)nc3C2(O)C1OS(C)(=O)=O. The van der Waals surface area contributed by atoms with Gasteiger partial charge in [0.05, 0.1) is 17.0 Å². The van der Waals surface area contributed by atoms with E-state index in [9.17, 15) is 13.5 Å². The molecule has 7 nitrogen and oxygen atoms in total. The largest absolute Gasteiger partial charge is 0.484 e. The molecule has 190 valence electrons. The first-order valence-corrected chi connectivity index (χ1v) is 14.4. The van der Waals surface area contributed by atoms with Crippen molar-refractivity contribution in [2.24, 2.45) is 5.92 Å². The zero-order valence-corrected chi connectivity index (χ0v) is 23.1. The Balaban J connectivity index is 1.71. The fourth-order valence-corrected chi connectivity index (χ4v) is 6.65. The fraction of sp³-hybridized carbons (Fsp3) is 0.346. The van der Waals surface area contributed by atoms with Crippen molar-refractivity contribution >= 4 is 37.6 Å². The van der Waals surface area contributed by atoms with Crippen molar-refractivity contribution < 1.29 is 22.4 Å². The molecule has 1 aliphatic heterocycles. The van der Waals surface area contributed by atoms with Crippen LogP contribution in [0.2, 0.25) is 5.02 Å². The van der Waals surface area contributed by atoms with Gasteiger partial charge in [0.15, 0.2) is 5.60 Å². The van der Waals surface area contributed by atoms with Gasteiger partial charge in [0.25, 0.3) is 10.1 Å². The van der Waals surface area contributed by atoms with Gasteiger partial charge in [-0.25, -0.2) is 4.98 Å². The predicted octanol–water partition coefficient (Wildman–Crippen LogP) is 4.43. The van der Waals surface area contributed by atoms with Crippen molar-refractivity contribution in [3.05, 3.63) is 81.4 Å². The number of ether oxygens (including phenoxy) is 1. The van der Waals surface area contributed by atoms with Crippen LogP contribution in [0.15, 0.2) is 65.1 Å². The molecule has 0 radical (unpaired) electrons. The number of halogens is 2. The van der Waals surface area contributed by atoms with E-state index >= 15 is 0 Å². The van der Waals surface area contributed by atoms with Gasteiger partial charge in [-0.2, -0.15) is 8.42 Å². The molecule has 0 spiro atoms. The molecule has 0 bridgehead atoms. The lowest BCUT2D eigenvalue weighted by atomic mass is 9.86. The summed E-state index contributed by atoms with van der Waals surface area (Å²) < 4.78 is 37.8. The Hall–Kier alpha value is -2.01. The number of pyridine rings is 1. The van der Waals surface area contributed by atoms with Gasteiger partial charge in [-0.3, -0.25) is 4.18 Å². The summed E-state index contributed by atoms with van der Waals surface area (Å²) in [6.07, 6.45) is -0.958. The molecule has 1 saturated carbocycles. The summed E-state index contributed by atoms with van der Waals surface area (Å²) >= 11 is 10.0. The Bertz CT molecular complexity index is 1390. The molecule has 2 aliphatic rings. The Kier molecular flexibility index (Phi) is 6.68. The van der Waals surface area contributed by atoms with Crippen LogP contribution in [-0.2, 0) is 19.9 Å². The van der Waals surface area contributed by atoms with E-state index in [-0.39, 0.29) is 11.6 Å². The second-order valence-electron chi connectivity index (χ2n) is 9.62. The van der Waals surface area contributed by atoms with Gasteiger partial charge in [-0.1, -0.05) is 70.0 Å². The minimum Gasteiger partial charge on any atom is -0.484 e. The van der Waals surface area contributed by atoms with E-state index in [0.29, 0.717) is 23.0 Å². The number of aromatic nitrogens is 1. The minimum atomic E-state index is -3.93. The number of fused-ring (bicyclic) bond motifs is 3. The third kappa shape index (κ3) is 4.46. The highest BCUT2D eigenvalue weighted by Crippen LogP contribution is 2.59. The first kappa shape index (κ1) is 25.6. The van der Waals surface area contributed by atoms with Crippen molar-refractivity contribution in [3.63, 3.8) is 0 Å². The standard InChI is InChI=1S/C26H26BrClN2O5S/c1-30(2)14-18-21(15-7-5-4-6-8-15)25-26(31,24(18)35-36(3,32)33)23-20(34-25)13-19(28)22(29-23)16-9-11-17(27)12-10-16/h4-13,18,21,24-25,31H,14H2,1-3H3. The topological polar surface area (TPSA) is 89.0 Å². The molecule has 5 rings (SSSR count). The lowest BCUT2D eigenvalue weighted by Gasteiger charge is -2.31. The van der Waals surface area contributed by atoms with Gasteiger partial charge in [0.1, 0.15) is 23.7 Å². The average molecular weight is 594 g/mol. The molecule has 1 aromatic heterocycles. The molecule has 0 saturated heterocycles. The molecule has 5 unspecified atom stereocenters. The maximum absolute atomic E-state index is 12.4. The maximum atomic E-state index is 12.4. The highest BCUT2D eigenvalue weighted by Gasteiger charge is 2.68. The summed E-state index contributed by atoms with van der Waals surface area (Å²) in [5, 5.41) is 12.7. The zero-order chi connectivity index (χ0) is 25.8. The van der Waals surface area contributed by atoms with E-state index in [4.69, 9.17) is 25.5 Å². The summed E-state index contributed by atoms with van der Waals surface area (Å²) in [6.45, 7) is 0.463. The lowest BCUT2D eigenvalue weighted by molar-refractivity contribution is -0.0889. The number of hydrogen-bond acceptors (Lipinski definition) is 7. The van der Waals surface area contributed by atoms with Gasteiger partial charge in [-0.15, -0.1) is 0 Å². The molecule has 10 heteroatoms. The van der Waals surface area contributed by atoms with Crippen LogP contribution >= 0.6 is 27.5 Å². The average Bonchev–Trinajstić information content (AvgIpc) is 3.20. The third-order valence-corrected chi connectivity index (χ3v) is 8.15. The number of nitrogens with zero attached hydrogens (tertiary/aromatic N) is 2. The first-order valence-electron chi connectivity index (χ1n) is 11.4. The van der Waals surface area contributed by atoms with Crippen LogP contribution in [0.5, 0.6) is 5.75 Å². The Morgan fingerprint density at radius 2 is 1.83 bits per heavy atom. The first-order chi connectivity index (χ1) is 17.0. The molecule has 5 atom stereocenters. The van der Waals surface area contributed by atoms with Crippen LogP contribution in [0, 0.1) is 5.92 Å². The van der Waals surface area contributed by atoms with E-state index in [1.165, 1.54) is 0 Å². The van der Waals surface area contributed by atoms with E-state index < -0.39 is 33.8 Å². The van der Waals surface area contributed by atoms with Crippen LogP contribution in [-0.4, -0.2) is 62.5 Å². The second kappa shape index (κ2) is 9.38. The van der Waals surface area contributed by atoms with E-state index in [2.05, 4.69) is 15.9 Å². The maximum Gasteiger partial charge on any atom is 0.264 e. The normalized spacial score (nSPS) is 27.1. The molecule has 36 heavy (non-hydrogen) atoms. The summed E-state index contributed by atoms with van der Waals surface area (Å²) in [7, 11) is -0.132. The highest BCUT2D eigenvalue weighted by atomic mass is 79.9. The molecule has 3 aromatic rings. The molecular weight excluding hydrogens is 568 g/mol. The molecule has 2 aromatic carbocycles. The Morgan fingerprint density at radius 3 is 2.44 bits per heavy atom. The molecule has 0 amide bonds. The summed E-state index contributed by atoms with van der Waals surface area (Å²) in [4.78, 5) is 6.73. The predicted molar refractivity (Wildman–Crippen MR) is 142 cm³/mol. The second-order valence-corrected chi connectivity index (χ2v) is 12.5. The van der Waals surface area contributed by atoms with Crippen LogP contribution in [0.4, 0.5) is 0 Å². The van der Waals surface area contributed by atoms with Gasteiger partial charge in [0, 0.05) is 34.5 Å². The van der Waals surface area contributed by atoms with Gasteiger partial charge >= 0.3 is 0 Å². The van der Waals surface area contributed by atoms with Crippen LogP contribution < -0.4 is 4.74 Å². The quantitative estimate of drug-likeness (QED) is 0.423. The van der Waals surface area contributed by atoms with E-state index in [1.54, 1.807) is 6.07 Å². The third-order valence-electron chi connectivity index (χ3n) is 6.77. The molecule has 1 N–H and O–H groups in total. The van der Waals surface area contributed by atoms with Crippen molar-refractivity contribution in [2.45, 2.75) is 23.7 Å². The van der Waals surface area contributed by atoms with Crippen molar-refractivity contribution in [3.8, 4) is 17.0 Å². The number of hydrogen-bond donors (Lipinski definition) is 1. The summed E-state index contributed by atoms with van der Waals surface area (Å²) in [6, 6.07) is 18.8. The lowest BCUT2D eigenvalue weighted by Crippen LogP contribution is -2.46. The molecular formula is C26H26BrClN2O5S. The van der Waals surface area contributed by atoms with E-state index in [0.717, 1.165) is 21.9 Å². The van der Waals surface area contributed by atoms with Crippen LogP contribution in [0.25, 0.3) is 11.3 Å². The molecule has 1 fully saturated rings. The van der Waals surface area contributed by atoms with Crippen molar-refractivity contribution in [1.29, 1.82) is 0 Å². The van der Waals surface area contributed by atoms with Crippen molar-refractivity contribution in [1.82, 2.24) is 9.88 Å². The van der Waals surface area contributed by atoms with Gasteiger partial charge < -0.3 is 14.7 Å². The minimum absolute atomic E-state index is 0.227. The highest BCUT2D eigenvalue weighted by molar-refractivity contribution is 9.10. The Morgan fingerprint density at radius 1 is 1.17 bits per heavy atom. The number of rotatable bonds is 6. The number of benzene rings is 2. The summed E-state index contributed by atoms with van der Waals surface area (Å²) in [5.74, 6) is -0.456. The monoisotopic (exact) mass is 592 g/mol. The summed E-state index contributed by atoms with van der Waals surface area (Å²) in [5.41, 5.74) is 0.533. The smallest absolute Gasteiger partial charge is 0.264 e.